The van der Waals surface area contributed by atoms with Crippen molar-refractivity contribution in [1.29, 1.82) is 5.26 Å². The summed E-state index contributed by atoms with van der Waals surface area (Å²) in [6.45, 7) is 5.05. The monoisotopic (exact) mass is 493 g/mol. The van der Waals surface area contributed by atoms with E-state index in [-0.39, 0.29) is 12.7 Å². The highest BCUT2D eigenvalue weighted by molar-refractivity contribution is 5.85. The molecule has 0 amide bonds. The number of aromatic nitrogens is 3. The summed E-state index contributed by atoms with van der Waals surface area (Å²) < 4.78 is 13.6. The minimum atomic E-state index is -0.983. The number of ether oxygens (including phenoxy) is 2. The van der Waals surface area contributed by atoms with Gasteiger partial charge in [-0.25, -0.2) is 9.50 Å². The molecule has 186 valence electrons. The zero-order valence-electron chi connectivity index (χ0n) is 20.8. The number of anilines is 1. The van der Waals surface area contributed by atoms with E-state index in [9.17, 15) is 10.4 Å². The van der Waals surface area contributed by atoms with E-state index in [1.54, 1.807) is 30.8 Å². The Kier molecular flexibility index (Phi) is 6.43. The number of nitriles is 1. The molecular formula is C29H27N5O3. The summed E-state index contributed by atoms with van der Waals surface area (Å²) in [5.41, 5.74) is 2.59. The normalized spacial score (nSPS) is 15.4. The van der Waals surface area contributed by atoms with Crippen LogP contribution in [0.2, 0.25) is 0 Å². The smallest absolute Gasteiger partial charge is 0.138 e. The summed E-state index contributed by atoms with van der Waals surface area (Å²) >= 11 is 0. The van der Waals surface area contributed by atoms with E-state index in [0.717, 1.165) is 47.8 Å². The number of rotatable bonds is 7. The van der Waals surface area contributed by atoms with Crippen molar-refractivity contribution in [2.75, 3.05) is 24.6 Å². The van der Waals surface area contributed by atoms with Crippen molar-refractivity contribution >= 4 is 11.3 Å². The van der Waals surface area contributed by atoms with Crippen molar-refractivity contribution in [2.24, 2.45) is 0 Å². The lowest BCUT2D eigenvalue weighted by Crippen LogP contribution is -2.27. The molecule has 1 atom stereocenters. The third kappa shape index (κ3) is 5.35. The molecule has 37 heavy (non-hydrogen) atoms. The molecule has 8 nitrogen and oxygen atoms in total. The zero-order chi connectivity index (χ0) is 26.0. The number of terminal acetylenes is 1. The van der Waals surface area contributed by atoms with Gasteiger partial charge in [-0.3, -0.25) is 0 Å². The maximum absolute atomic E-state index is 10.1. The van der Waals surface area contributed by atoms with Crippen molar-refractivity contribution in [3.05, 3.63) is 72.2 Å². The molecule has 0 aliphatic carbocycles. The van der Waals surface area contributed by atoms with Crippen molar-refractivity contribution in [3.63, 3.8) is 0 Å². The first kappa shape index (κ1) is 24.2. The highest BCUT2D eigenvalue weighted by Gasteiger charge is 2.25. The summed E-state index contributed by atoms with van der Waals surface area (Å²) in [5, 5.41) is 24.0. The maximum atomic E-state index is 10.1. The molecule has 1 aromatic carbocycles. The van der Waals surface area contributed by atoms with E-state index in [0.29, 0.717) is 16.8 Å². The van der Waals surface area contributed by atoms with Crippen molar-refractivity contribution in [1.82, 2.24) is 14.6 Å². The largest absolute Gasteiger partial charge is 0.489 e. The van der Waals surface area contributed by atoms with E-state index in [2.05, 4.69) is 22.0 Å². The minimum absolute atomic E-state index is 0.0624. The first-order valence-electron chi connectivity index (χ1n) is 12.0. The molecule has 3 aromatic heterocycles. The number of hydrogen-bond donors (Lipinski definition) is 1. The third-order valence-electron chi connectivity index (χ3n) is 6.15. The number of fused-ring (bicyclic) bond motifs is 1. The number of benzene rings is 1. The van der Waals surface area contributed by atoms with E-state index in [1.807, 2.05) is 42.5 Å². The molecule has 4 aromatic rings. The van der Waals surface area contributed by atoms with Crippen LogP contribution in [0.4, 0.5) is 5.82 Å². The second-order valence-electron chi connectivity index (χ2n) is 9.70. The summed E-state index contributed by atoms with van der Waals surface area (Å²) in [6, 6.07) is 15.6. The lowest BCUT2D eigenvalue weighted by atomic mass is 10.1. The van der Waals surface area contributed by atoms with Gasteiger partial charge in [-0.05, 0) is 56.3 Å². The molecule has 0 bridgehead atoms. The van der Waals surface area contributed by atoms with Crippen LogP contribution in [0.15, 0.2) is 61.1 Å². The molecule has 4 heterocycles. The second-order valence-corrected chi connectivity index (χ2v) is 9.70. The van der Waals surface area contributed by atoms with Gasteiger partial charge in [-0.1, -0.05) is 5.92 Å². The van der Waals surface area contributed by atoms with Crippen LogP contribution in [0, 0.1) is 23.7 Å². The number of aliphatic hydroxyl groups is 1. The van der Waals surface area contributed by atoms with Crippen molar-refractivity contribution < 1.29 is 14.6 Å². The molecule has 1 saturated heterocycles. The summed E-state index contributed by atoms with van der Waals surface area (Å²) in [7, 11) is 0. The summed E-state index contributed by atoms with van der Waals surface area (Å²) in [4.78, 5) is 6.91. The van der Waals surface area contributed by atoms with Gasteiger partial charge in [0.2, 0.25) is 0 Å². The van der Waals surface area contributed by atoms with Gasteiger partial charge < -0.3 is 19.5 Å². The highest BCUT2D eigenvalue weighted by Crippen LogP contribution is 2.32. The van der Waals surface area contributed by atoms with E-state index < -0.39 is 5.60 Å². The Morgan fingerprint density at radius 1 is 1.16 bits per heavy atom. The first-order chi connectivity index (χ1) is 17.8. The Morgan fingerprint density at radius 2 is 1.97 bits per heavy atom. The van der Waals surface area contributed by atoms with Gasteiger partial charge in [0.05, 0.1) is 35.6 Å². The van der Waals surface area contributed by atoms with E-state index >= 15 is 0 Å². The molecule has 1 unspecified atom stereocenters. The van der Waals surface area contributed by atoms with Crippen molar-refractivity contribution in [2.45, 2.75) is 32.0 Å². The third-order valence-corrected chi connectivity index (χ3v) is 6.15. The van der Waals surface area contributed by atoms with Gasteiger partial charge in [-0.2, -0.15) is 10.4 Å². The molecule has 1 aliphatic rings. The Labute approximate surface area is 215 Å². The van der Waals surface area contributed by atoms with Gasteiger partial charge >= 0.3 is 0 Å². The Bertz CT molecular complexity index is 1490. The van der Waals surface area contributed by atoms with Gasteiger partial charge in [0.15, 0.2) is 0 Å². The van der Waals surface area contributed by atoms with Gasteiger partial charge in [0, 0.05) is 35.9 Å². The van der Waals surface area contributed by atoms with Crippen LogP contribution in [0.3, 0.4) is 0 Å². The Hall–Kier alpha value is -4.53. The van der Waals surface area contributed by atoms with E-state index in [1.165, 1.54) is 6.20 Å². The van der Waals surface area contributed by atoms with Crippen LogP contribution in [0.1, 0.15) is 31.4 Å². The van der Waals surface area contributed by atoms with Crippen LogP contribution >= 0.6 is 0 Å². The standard InChI is InChI=1S/C29H27N5O3/c1-4-20-5-8-23(9-6-20)37-24-11-12-33(17-24)27-10-7-21(15-31-27)26-13-25(36-19-29(2,3)35)18-34-28(26)22(14-30)16-32-34/h1,5-10,13,15-16,18,24,35H,11-12,17,19H2,2-3H3. The number of hydrogen-bond acceptors (Lipinski definition) is 7. The lowest BCUT2D eigenvalue weighted by molar-refractivity contribution is 0.0283. The molecule has 1 aliphatic heterocycles. The van der Waals surface area contributed by atoms with Crippen LogP contribution in [0.25, 0.3) is 16.6 Å². The zero-order valence-corrected chi connectivity index (χ0v) is 20.8. The first-order valence-corrected chi connectivity index (χ1v) is 12.0. The van der Waals surface area contributed by atoms with Gasteiger partial charge in [0.1, 0.15) is 36.1 Å². The van der Waals surface area contributed by atoms with Gasteiger partial charge in [0.25, 0.3) is 0 Å². The predicted molar refractivity (Wildman–Crippen MR) is 141 cm³/mol. The average molecular weight is 494 g/mol. The Balaban J connectivity index is 1.35. The summed E-state index contributed by atoms with van der Waals surface area (Å²) in [5.74, 6) is 4.81. The maximum Gasteiger partial charge on any atom is 0.138 e. The fourth-order valence-electron chi connectivity index (χ4n) is 4.32. The lowest BCUT2D eigenvalue weighted by Gasteiger charge is -2.19. The molecule has 5 rings (SSSR count). The minimum Gasteiger partial charge on any atom is -0.489 e. The van der Waals surface area contributed by atoms with Crippen molar-refractivity contribution in [3.8, 4) is 41.0 Å². The van der Waals surface area contributed by atoms with Crippen LogP contribution in [-0.2, 0) is 0 Å². The average Bonchev–Trinajstić information content (AvgIpc) is 3.54. The molecule has 8 heteroatoms. The number of nitrogens with zero attached hydrogens (tertiary/aromatic N) is 5. The second kappa shape index (κ2) is 9.85. The molecule has 0 saturated carbocycles. The highest BCUT2D eigenvalue weighted by atomic mass is 16.5. The molecule has 0 radical (unpaired) electrons. The van der Waals surface area contributed by atoms with Crippen LogP contribution < -0.4 is 14.4 Å². The topological polar surface area (TPSA) is 95.9 Å². The van der Waals surface area contributed by atoms with Crippen LogP contribution in [-0.4, -0.2) is 51.1 Å². The summed E-state index contributed by atoms with van der Waals surface area (Å²) in [6.07, 6.45) is 11.4. The quantitative estimate of drug-likeness (QED) is 0.388. The molecule has 1 N–H and O–H groups in total. The van der Waals surface area contributed by atoms with Crippen LogP contribution in [0.5, 0.6) is 11.5 Å². The number of pyridine rings is 2. The molecule has 0 spiro atoms. The molecular weight excluding hydrogens is 466 g/mol. The predicted octanol–water partition coefficient (Wildman–Crippen LogP) is 4.06. The fraction of sp³-hybridized carbons (Fsp3) is 0.276. The SMILES string of the molecule is C#Cc1ccc(OC2CCN(c3ccc(-c4cc(OCC(C)(C)O)cn5ncc(C#N)c45)cn3)C2)cc1. The Morgan fingerprint density at radius 3 is 2.65 bits per heavy atom. The van der Waals surface area contributed by atoms with E-state index in [4.69, 9.17) is 20.9 Å². The molecule has 1 fully saturated rings. The fourth-order valence-corrected chi connectivity index (χ4v) is 4.32. The van der Waals surface area contributed by atoms with Gasteiger partial charge in [-0.15, -0.1) is 6.42 Å².